The van der Waals surface area contributed by atoms with Gasteiger partial charge in [0.15, 0.2) is 0 Å². The highest BCUT2D eigenvalue weighted by Gasteiger charge is 2.25. The maximum absolute atomic E-state index is 12.3. The molecule has 136 valence electrons. The minimum atomic E-state index is 0.278. The van der Waals surface area contributed by atoms with Crippen LogP contribution in [0.5, 0.6) is 0 Å². The van der Waals surface area contributed by atoms with Crippen molar-refractivity contribution in [1.29, 1.82) is 0 Å². The van der Waals surface area contributed by atoms with Gasteiger partial charge in [-0.1, -0.05) is 24.3 Å². The molecule has 3 heterocycles. The Balaban J connectivity index is 1.39. The molecule has 4 nitrogen and oxygen atoms in total. The molecule has 0 aliphatic carbocycles. The third kappa shape index (κ3) is 3.80. The molecule has 0 spiro atoms. The fraction of sp³-hybridized carbons (Fsp3) is 0.455. The molecule has 0 saturated carbocycles. The Morgan fingerprint density at radius 3 is 2.77 bits per heavy atom. The number of anilines is 1. The van der Waals surface area contributed by atoms with Crippen LogP contribution >= 0.6 is 0 Å². The summed E-state index contributed by atoms with van der Waals surface area (Å²) in [6.07, 6.45) is 6.90. The zero-order valence-electron chi connectivity index (χ0n) is 15.3. The number of pyridine rings is 1. The van der Waals surface area contributed by atoms with E-state index in [1.807, 2.05) is 23.2 Å². The Morgan fingerprint density at radius 1 is 1.04 bits per heavy atom. The Kier molecular flexibility index (Phi) is 5.30. The van der Waals surface area contributed by atoms with Crippen molar-refractivity contribution >= 4 is 11.6 Å². The van der Waals surface area contributed by atoms with Crippen LogP contribution in [0.3, 0.4) is 0 Å². The van der Waals surface area contributed by atoms with Gasteiger partial charge in [0.1, 0.15) is 0 Å². The lowest BCUT2D eigenvalue weighted by molar-refractivity contribution is -0.119. The number of likely N-dealkylation sites (tertiary alicyclic amines) is 1. The molecule has 4 heteroatoms. The van der Waals surface area contributed by atoms with Gasteiger partial charge >= 0.3 is 0 Å². The number of amides is 1. The van der Waals surface area contributed by atoms with Crippen molar-refractivity contribution in [3.05, 3.63) is 59.9 Å². The van der Waals surface area contributed by atoms with Gasteiger partial charge in [-0.15, -0.1) is 0 Å². The number of aromatic nitrogens is 1. The van der Waals surface area contributed by atoms with E-state index in [-0.39, 0.29) is 5.91 Å². The third-order valence-corrected chi connectivity index (χ3v) is 5.68. The van der Waals surface area contributed by atoms with Gasteiger partial charge < -0.3 is 9.80 Å². The third-order valence-electron chi connectivity index (χ3n) is 5.68. The van der Waals surface area contributed by atoms with E-state index in [1.165, 1.54) is 17.7 Å². The number of carbonyl (C=O) groups excluding carboxylic acids is 1. The molecular formula is C22H27N3O. The van der Waals surface area contributed by atoms with Crippen LogP contribution in [-0.2, 0) is 11.2 Å². The van der Waals surface area contributed by atoms with Crippen molar-refractivity contribution in [3.8, 4) is 0 Å². The van der Waals surface area contributed by atoms with Gasteiger partial charge in [-0.2, -0.15) is 0 Å². The number of hydrogen-bond acceptors (Lipinski definition) is 3. The molecule has 1 amide bonds. The first kappa shape index (κ1) is 17.2. The molecule has 2 aromatic rings. The average molecular weight is 349 g/mol. The average Bonchev–Trinajstić information content (AvgIpc) is 3.17. The summed E-state index contributed by atoms with van der Waals surface area (Å²) in [5.41, 5.74) is 3.64. The summed E-state index contributed by atoms with van der Waals surface area (Å²) in [6, 6.07) is 14.6. The van der Waals surface area contributed by atoms with Gasteiger partial charge in [0.2, 0.25) is 5.91 Å². The highest BCUT2D eigenvalue weighted by atomic mass is 16.2. The molecule has 0 radical (unpaired) electrons. The molecule has 2 fully saturated rings. The lowest BCUT2D eigenvalue weighted by atomic mass is 10.0. The van der Waals surface area contributed by atoms with E-state index in [1.54, 1.807) is 0 Å². The standard InChI is InChI=1S/C22H27N3O/c26-22-10-4-6-14-25(22)21-9-2-1-7-18(21)11-15-24-16-12-19(17-24)20-8-3-5-13-23-20/h1-3,5,7-9,13,19H,4,6,10-12,14-17H2. The largest absolute Gasteiger partial charge is 0.312 e. The van der Waals surface area contributed by atoms with Crippen LogP contribution in [-0.4, -0.2) is 42.0 Å². The fourth-order valence-electron chi connectivity index (χ4n) is 4.22. The summed E-state index contributed by atoms with van der Waals surface area (Å²) in [4.78, 5) is 21.4. The quantitative estimate of drug-likeness (QED) is 0.827. The Hall–Kier alpha value is -2.20. The van der Waals surface area contributed by atoms with Crippen LogP contribution < -0.4 is 4.90 Å². The number of hydrogen-bond donors (Lipinski definition) is 0. The van der Waals surface area contributed by atoms with Gasteiger partial charge in [-0.25, -0.2) is 0 Å². The van der Waals surface area contributed by atoms with Crippen LogP contribution in [0.1, 0.15) is 42.9 Å². The SMILES string of the molecule is O=C1CCCCN1c1ccccc1CCN1CCC(c2ccccn2)C1. The minimum absolute atomic E-state index is 0.278. The van der Waals surface area contributed by atoms with Gasteiger partial charge in [0, 0.05) is 49.6 Å². The van der Waals surface area contributed by atoms with E-state index in [2.05, 4.69) is 40.2 Å². The minimum Gasteiger partial charge on any atom is -0.312 e. The van der Waals surface area contributed by atoms with E-state index < -0.39 is 0 Å². The second kappa shape index (κ2) is 8.00. The van der Waals surface area contributed by atoms with Gasteiger partial charge in [0.05, 0.1) is 0 Å². The zero-order chi connectivity index (χ0) is 17.8. The smallest absolute Gasteiger partial charge is 0.226 e. The molecule has 26 heavy (non-hydrogen) atoms. The molecule has 2 aliphatic rings. The predicted molar refractivity (Wildman–Crippen MR) is 104 cm³/mol. The fourth-order valence-corrected chi connectivity index (χ4v) is 4.22. The van der Waals surface area contributed by atoms with E-state index in [0.717, 1.165) is 51.1 Å². The molecule has 4 rings (SSSR count). The topological polar surface area (TPSA) is 36.4 Å². The molecule has 2 aliphatic heterocycles. The van der Waals surface area contributed by atoms with E-state index in [9.17, 15) is 4.79 Å². The van der Waals surface area contributed by atoms with Crippen molar-refractivity contribution in [2.45, 2.75) is 38.0 Å². The van der Waals surface area contributed by atoms with Crippen molar-refractivity contribution in [3.63, 3.8) is 0 Å². The summed E-state index contributed by atoms with van der Waals surface area (Å²) < 4.78 is 0. The monoisotopic (exact) mass is 349 g/mol. The molecule has 1 atom stereocenters. The molecule has 1 aromatic carbocycles. The summed E-state index contributed by atoms with van der Waals surface area (Å²) >= 11 is 0. The number of carbonyl (C=O) groups is 1. The summed E-state index contributed by atoms with van der Waals surface area (Å²) in [5.74, 6) is 0.829. The first-order chi connectivity index (χ1) is 12.8. The first-order valence-corrected chi connectivity index (χ1v) is 9.83. The molecule has 1 unspecified atom stereocenters. The second-order valence-electron chi connectivity index (χ2n) is 7.42. The zero-order valence-corrected chi connectivity index (χ0v) is 15.3. The lowest BCUT2D eigenvalue weighted by Crippen LogP contribution is -2.36. The summed E-state index contributed by atoms with van der Waals surface area (Å²) in [7, 11) is 0. The van der Waals surface area contributed by atoms with Crippen LogP contribution in [0.25, 0.3) is 0 Å². The number of benzene rings is 1. The Morgan fingerprint density at radius 2 is 1.92 bits per heavy atom. The Labute approximate surface area is 155 Å². The van der Waals surface area contributed by atoms with Crippen LogP contribution in [0.15, 0.2) is 48.7 Å². The van der Waals surface area contributed by atoms with Crippen LogP contribution in [0, 0.1) is 0 Å². The van der Waals surface area contributed by atoms with Crippen LogP contribution in [0.4, 0.5) is 5.69 Å². The number of rotatable bonds is 5. The number of para-hydroxylation sites is 1. The number of nitrogens with zero attached hydrogens (tertiary/aromatic N) is 3. The highest BCUT2D eigenvalue weighted by molar-refractivity contribution is 5.94. The normalized spacial score (nSPS) is 21.3. The van der Waals surface area contributed by atoms with E-state index in [4.69, 9.17) is 0 Å². The second-order valence-corrected chi connectivity index (χ2v) is 7.42. The summed E-state index contributed by atoms with van der Waals surface area (Å²) in [5, 5.41) is 0. The molecular weight excluding hydrogens is 322 g/mol. The van der Waals surface area contributed by atoms with E-state index >= 15 is 0 Å². The van der Waals surface area contributed by atoms with Gasteiger partial charge in [0.25, 0.3) is 0 Å². The Bertz CT molecular complexity index is 746. The van der Waals surface area contributed by atoms with Crippen molar-refractivity contribution in [2.24, 2.45) is 0 Å². The van der Waals surface area contributed by atoms with Gasteiger partial charge in [-0.3, -0.25) is 9.78 Å². The number of piperidine rings is 1. The van der Waals surface area contributed by atoms with Gasteiger partial charge in [-0.05, 0) is 56.0 Å². The van der Waals surface area contributed by atoms with Crippen molar-refractivity contribution in [1.82, 2.24) is 9.88 Å². The van der Waals surface area contributed by atoms with Crippen LogP contribution in [0.2, 0.25) is 0 Å². The maximum atomic E-state index is 12.3. The molecule has 0 N–H and O–H groups in total. The summed E-state index contributed by atoms with van der Waals surface area (Å²) in [6.45, 7) is 4.12. The lowest BCUT2D eigenvalue weighted by Gasteiger charge is -2.29. The molecule has 2 saturated heterocycles. The van der Waals surface area contributed by atoms with Crippen molar-refractivity contribution < 1.29 is 4.79 Å². The van der Waals surface area contributed by atoms with Crippen molar-refractivity contribution in [2.75, 3.05) is 31.1 Å². The predicted octanol–water partition coefficient (Wildman–Crippen LogP) is 3.63. The highest BCUT2D eigenvalue weighted by Crippen LogP contribution is 2.28. The molecule has 1 aromatic heterocycles. The first-order valence-electron chi connectivity index (χ1n) is 9.83. The van der Waals surface area contributed by atoms with E-state index in [0.29, 0.717) is 12.3 Å². The maximum Gasteiger partial charge on any atom is 0.226 e. The molecule has 0 bridgehead atoms.